The molecular formula is C22H23FN4O3S. The van der Waals surface area contributed by atoms with Gasteiger partial charge in [0.05, 0.1) is 11.5 Å². The molecule has 4 rings (SSSR count). The zero-order valence-corrected chi connectivity index (χ0v) is 17.6. The van der Waals surface area contributed by atoms with E-state index in [0.29, 0.717) is 36.7 Å². The number of nitrogens with one attached hydrogen (secondary N) is 1. The van der Waals surface area contributed by atoms with E-state index in [1.54, 1.807) is 36.7 Å². The SMILES string of the molecule is O=C(NCc1ccc(N2CCS(O)(O)CC2)nc1)c1ccc(-c2cccc(F)c2)cn1. The molecule has 1 fully saturated rings. The van der Waals surface area contributed by atoms with Crippen molar-refractivity contribution in [2.75, 3.05) is 29.5 Å². The van der Waals surface area contributed by atoms with Crippen LogP contribution < -0.4 is 10.2 Å². The zero-order chi connectivity index (χ0) is 21.8. The van der Waals surface area contributed by atoms with E-state index in [-0.39, 0.29) is 17.4 Å². The van der Waals surface area contributed by atoms with Gasteiger partial charge in [0.25, 0.3) is 5.91 Å². The number of halogens is 1. The van der Waals surface area contributed by atoms with E-state index in [1.165, 1.54) is 12.1 Å². The highest BCUT2D eigenvalue weighted by molar-refractivity contribution is 8.24. The molecule has 3 N–H and O–H groups in total. The number of benzene rings is 1. The minimum absolute atomic E-state index is 0.275. The largest absolute Gasteiger partial charge is 0.353 e. The van der Waals surface area contributed by atoms with Crippen LogP contribution in [0, 0.1) is 5.82 Å². The Hall–Kier alpha value is -3.01. The summed E-state index contributed by atoms with van der Waals surface area (Å²) in [6.45, 7) is 1.42. The summed E-state index contributed by atoms with van der Waals surface area (Å²) >= 11 is 0. The molecule has 1 aromatic carbocycles. The summed E-state index contributed by atoms with van der Waals surface area (Å²) in [7, 11) is -2.44. The first-order chi connectivity index (χ1) is 14.9. The Morgan fingerprint density at radius 3 is 2.48 bits per heavy atom. The van der Waals surface area contributed by atoms with Gasteiger partial charge in [-0.25, -0.2) is 9.37 Å². The predicted molar refractivity (Wildman–Crippen MR) is 120 cm³/mol. The summed E-state index contributed by atoms with van der Waals surface area (Å²) in [4.78, 5) is 23.0. The van der Waals surface area contributed by atoms with Crippen molar-refractivity contribution >= 4 is 22.3 Å². The molecule has 1 amide bonds. The van der Waals surface area contributed by atoms with Gasteiger partial charge in [0.1, 0.15) is 17.3 Å². The van der Waals surface area contributed by atoms with E-state index >= 15 is 0 Å². The van der Waals surface area contributed by atoms with Crippen LogP contribution in [0.3, 0.4) is 0 Å². The van der Waals surface area contributed by atoms with Crippen LogP contribution in [-0.4, -0.2) is 49.6 Å². The lowest BCUT2D eigenvalue weighted by Crippen LogP contribution is -2.38. The smallest absolute Gasteiger partial charge is 0.270 e. The van der Waals surface area contributed by atoms with E-state index in [2.05, 4.69) is 15.3 Å². The van der Waals surface area contributed by atoms with Crippen LogP contribution in [-0.2, 0) is 6.54 Å². The summed E-state index contributed by atoms with van der Waals surface area (Å²) in [6.07, 6.45) is 3.25. The first-order valence-corrected chi connectivity index (χ1v) is 11.7. The Kier molecular flexibility index (Phi) is 6.17. The molecule has 9 heteroatoms. The Morgan fingerprint density at radius 1 is 1.03 bits per heavy atom. The van der Waals surface area contributed by atoms with Gasteiger partial charge in [-0.15, -0.1) is 0 Å². The third-order valence-corrected chi connectivity index (χ3v) is 6.79. The van der Waals surface area contributed by atoms with E-state index in [0.717, 1.165) is 16.9 Å². The van der Waals surface area contributed by atoms with Crippen molar-refractivity contribution in [1.82, 2.24) is 15.3 Å². The topological polar surface area (TPSA) is 98.6 Å². The van der Waals surface area contributed by atoms with Crippen LogP contribution >= 0.6 is 10.6 Å². The van der Waals surface area contributed by atoms with Crippen LogP contribution in [0.1, 0.15) is 16.1 Å². The van der Waals surface area contributed by atoms with Crippen LogP contribution in [0.5, 0.6) is 0 Å². The van der Waals surface area contributed by atoms with Gasteiger partial charge in [-0.1, -0.05) is 24.3 Å². The van der Waals surface area contributed by atoms with Crippen LogP contribution in [0.15, 0.2) is 60.9 Å². The predicted octanol–water partition coefficient (Wildman–Crippen LogP) is 3.78. The highest BCUT2D eigenvalue weighted by Crippen LogP contribution is 2.40. The van der Waals surface area contributed by atoms with E-state index in [4.69, 9.17) is 0 Å². The third kappa shape index (κ3) is 5.38. The molecule has 7 nitrogen and oxygen atoms in total. The molecular weight excluding hydrogens is 419 g/mol. The van der Waals surface area contributed by atoms with Crippen molar-refractivity contribution in [3.05, 3.63) is 78.0 Å². The van der Waals surface area contributed by atoms with E-state index in [9.17, 15) is 18.3 Å². The highest BCUT2D eigenvalue weighted by Gasteiger charge is 2.22. The maximum absolute atomic E-state index is 13.4. The molecule has 0 aliphatic carbocycles. The second-order valence-corrected chi connectivity index (χ2v) is 9.77. The molecule has 0 unspecified atom stereocenters. The molecule has 1 saturated heterocycles. The molecule has 0 atom stereocenters. The number of anilines is 1. The van der Waals surface area contributed by atoms with Crippen molar-refractivity contribution in [3.63, 3.8) is 0 Å². The maximum Gasteiger partial charge on any atom is 0.270 e. The summed E-state index contributed by atoms with van der Waals surface area (Å²) in [5.74, 6) is 0.862. The fourth-order valence-corrected chi connectivity index (χ4v) is 4.53. The van der Waals surface area contributed by atoms with E-state index in [1.807, 2.05) is 17.0 Å². The zero-order valence-electron chi connectivity index (χ0n) is 16.7. The Labute approximate surface area is 181 Å². The van der Waals surface area contributed by atoms with Crippen molar-refractivity contribution < 1.29 is 18.3 Å². The average molecular weight is 443 g/mol. The fraction of sp³-hybridized carbons (Fsp3) is 0.227. The van der Waals surface area contributed by atoms with Crippen molar-refractivity contribution in [2.24, 2.45) is 0 Å². The molecule has 0 bridgehead atoms. The second kappa shape index (κ2) is 9.01. The van der Waals surface area contributed by atoms with Crippen LogP contribution in [0.4, 0.5) is 10.2 Å². The number of rotatable bonds is 5. The first kappa shape index (κ1) is 21.2. The molecule has 1 aliphatic rings. The molecule has 1 aliphatic heterocycles. The molecule has 31 heavy (non-hydrogen) atoms. The molecule has 0 radical (unpaired) electrons. The van der Waals surface area contributed by atoms with Gasteiger partial charge in [0.2, 0.25) is 0 Å². The number of carbonyl (C=O) groups is 1. The van der Waals surface area contributed by atoms with Gasteiger partial charge in [-0.05, 0) is 35.4 Å². The summed E-state index contributed by atoms with van der Waals surface area (Å²) in [5, 5.41) is 2.82. The molecule has 162 valence electrons. The third-order valence-electron chi connectivity index (χ3n) is 5.12. The Balaban J connectivity index is 1.32. The quantitative estimate of drug-likeness (QED) is 0.556. The van der Waals surface area contributed by atoms with Crippen LogP contribution in [0.25, 0.3) is 11.1 Å². The molecule has 3 aromatic rings. The average Bonchev–Trinajstić information content (AvgIpc) is 2.78. The summed E-state index contributed by atoms with van der Waals surface area (Å²) in [6, 6.07) is 13.3. The lowest BCUT2D eigenvalue weighted by atomic mass is 10.1. The number of hydrogen-bond acceptors (Lipinski definition) is 6. The maximum atomic E-state index is 13.4. The van der Waals surface area contributed by atoms with Gasteiger partial charge in [0.15, 0.2) is 0 Å². The summed E-state index contributed by atoms with van der Waals surface area (Å²) < 4.78 is 32.8. The van der Waals surface area contributed by atoms with Crippen molar-refractivity contribution in [3.8, 4) is 11.1 Å². The monoisotopic (exact) mass is 442 g/mol. The number of amides is 1. The number of nitrogens with zero attached hydrogens (tertiary/aromatic N) is 3. The second-order valence-electron chi connectivity index (χ2n) is 7.35. The lowest BCUT2D eigenvalue weighted by Gasteiger charge is -2.41. The Bertz CT molecular complexity index is 1050. The molecule has 0 spiro atoms. The standard InChI is InChI=1S/C22H23FN4O3S/c23-19-3-1-2-17(12-19)18-5-6-20(24-15-18)22(28)26-14-16-4-7-21(25-13-16)27-8-10-31(29,30)11-9-27/h1-7,12-13,15,29-30H,8-11,14H2,(H,26,28). The molecule has 3 heterocycles. The Morgan fingerprint density at radius 2 is 1.84 bits per heavy atom. The number of carbonyl (C=O) groups excluding carboxylic acids is 1. The van der Waals surface area contributed by atoms with Crippen LogP contribution in [0.2, 0.25) is 0 Å². The summed E-state index contributed by atoms with van der Waals surface area (Å²) in [5.41, 5.74) is 2.55. The minimum Gasteiger partial charge on any atom is -0.353 e. The number of aromatic nitrogens is 2. The fourth-order valence-electron chi connectivity index (χ4n) is 3.30. The molecule has 0 saturated carbocycles. The number of pyridine rings is 2. The highest BCUT2D eigenvalue weighted by atomic mass is 32.3. The minimum atomic E-state index is -2.44. The van der Waals surface area contributed by atoms with Gasteiger partial charge in [-0.3, -0.25) is 18.9 Å². The van der Waals surface area contributed by atoms with Gasteiger partial charge in [0, 0.05) is 37.6 Å². The molecule has 2 aromatic heterocycles. The van der Waals surface area contributed by atoms with Crippen molar-refractivity contribution in [2.45, 2.75) is 6.54 Å². The van der Waals surface area contributed by atoms with E-state index < -0.39 is 10.6 Å². The first-order valence-electron chi connectivity index (χ1n) is 9.83. The normalized spacial score (nSPS) is 16.5. The lowest BCUT2D eigenvalue weighted by molar-refractivity contribution is 0.0946. The van der Waals surface area contributed by atoms with Gasteiger partial charge in [-0.2, -0.15) is 10.6 Å². The number of hydrogen-bond donors (Lipinski definition) is 3. The van der Waals surface area contributed by atoms with Gasteiger partial charge >= 0.3 is 0 Å². The van der Waals surface area contributed by atoms with Gasteiger partial charge < -0.3 is 10.2 Å². The van der Waals surface area contributed by atoms with Crippen molar-refractivity contribution in [1.29, 1.82) is 0 Å².